The first kappa shape index (κ1) is 15.8. The van der Waals surface area contributed by atoms with E-state index in [1.165, 1.54) is 0 Å². The van der Waals surface area contributed by atoms with Crippen molar-refractivity contribution in [1.82, 2.24) is 0 Å². The third-order valence-electron chi connectivity index (χ3n) is 3.82. The molecule has 3 heteroatoms. The highest BCUT2D eigenvalue weighted by Gasteiger charge is 2.11. The van der Waals surface area contributed by atoms with Crippen molar-refractivity contribution < 1.29 is 14.3 Å². The Morgan fingerprint density at radius 3 is 2.29 bits per heavy atom. The molecule has 0 aromatic heterocycles. The number of rotatable bonds is 6. The molecule has 3 rings (SSSR count). The van der Waals surface area contributed by atoms with Gasteiger partial charge in [-0.25, -0.2) is 0 Å². The lowest BCUT2D eigenvalue weighted by Gasteiger charge is -2.12. The first-order valence-electron chi connectivity index (χ1n) is 7.71. The monoisotopic (exact) mass is 318 g/mol. The van der Waals surface area contributed by atoms with Crippen LogP contribution in [0.5, 0.6) is 11.5 Å². The molecule has 0 N–H and O–H groups in total. The Morgan fingerprint density at radius 1 is 0.875 bits per heavy atom. The van der Waals surface area contributed by atoms with Crippen molar-refractivity contribution in [1.29, 1.82) is 0 Å². The maximum absolute atomic E-state index is 11.7. The van der Waals surface area contributed by atoms with Gasteiger partial charge >= 0.3 is 0 Å². The molecule has 0 aliphatic rings. The van der Waals surface area contributed by atoms with Crippen molar-refractivity contribution in [3.8, 4) is 22.6 Å². The van der Waals surface area contributed by atoms with Gasteiger partial charge in [0, 0.05) is 0 Å². The molecular formula is C21H18O3. The number of methoxy groups -OCH3 is 1. The van der Waals surface area contributed by atoms with Gasteiger partial charge in [0.1, 0.15) is 18.1 Å². The van der Waals surface area contributed by atoms with E-state index in [4.69, 9.17) is 9.47 Å². The van der Waals surface area contributed by atoms with Gasteiger partial charge in [-0.3, -0.25) is 4.79 Å². The van der Waals surface area contributed by atoms with Crippen molar-refractivity contribution in [2.75, 3.05) is 7.11 Å². The summed E-state index contributed by atoms with van der Waals surface area (Å²) < 4.78 is 11.0. The highest BCUT2D eigenvalue weighted by Crippen LogP contribution is 2.31. The van der Waals surface area contributed by atoms with Crippen LogP contribution in [0.2, 0.25) is 0 Å². The zero-order valence-electron chi connectivity index (χ0n) is 13.4. The summed E-state index contributed by atoms with van der Waals surface area (Å²) in [6.07, 6.45) is 0.847. The standard InChI is InChI=1S/C21H18O3/c1-23-18-12-10-17(11-13-18)19-8-5-9-21(20(19)14-22)24-15-16-6-3-2-4-7-16/h2-14H,15H2,1H3. The van der Waals surface area contributed by atoms with E-state index >= 15 is 0 Å². The Labute approximate surface area is 141 Å². The van der Waals surface area contributed by atoms with Crippen LogP contribution in [0.1, 0.15) is 15.9 Å². The molecule has 0 radical (unpaired) electrons. The summed E-state index contributed by atoms with van der Waals surface area (Å²) in [7, 11) is 1.63. The van der Waals surface area contributed by atoms with Crippen LogP contribution >= 0.6 is 0 Å². The zero-order valence-corrected chi connectivity index (χ0v) is 13.4. The summed E-state index contributed by atoms with van der Waals surface area (Å²) in [5, 5.41) is 0. The number of hydrogen-bond acceptors (Lipinski definition) is 3. The fourth-order valence-electron chi connectivity index (χ4n) is 2.55. The average molecular weight is 318 g/mol. The van der Waals surface area contributed by atoms with Gasteiger partial charge in [-0.15, -0.1) is 0 Å². The first-order valence-corrected chi connectivity index (χ1v) is 7.71. The molecule has 24 heavy (non-hydrogen) atoms. The SMILES string of the molecule is COc1ccc(-c2cccc(OCc3ccccc3)c2C=O)cc1. The van der Waals surface area contributed by atoms with Crippen LogP contribution in [0.25, 0.3) is 11.1 Å². The molecule has 0 saturated carbocycles. The van der Waals surface area contributed by atoms with Crippen molar-refractivity contribution in [2.45, 2.75) is 6.61 Å². The minimum Gasteiger partial charge on any atom is -0.497 e. The number of benzene rings is 3. The maximum Gasteiger partial charge on any atom is 0.154 e. The van der Waals surface area contributed by atoms with Gasteiger partial charge in [0.25, 0.3) is 0 Å². The molecular weight excluding hydrogens is 300 g/mol. The zero-order chi connectivity index (χ0) is 16.8. The predicted octanol–water partition coefficient (Wildman–Crippen LogP) is 4.75. The molecule has 0 spiro atoms. The maximum atomic E-state index is 11.7. The van der Waals surface area contributed by atoms with Crippen LogP contribution in [-0.4, -0.2) is 13.4 Å². The molecule has 3 aromatic carbocycles. The van der Waals surface area contributed by atoms with Crippen molar-refractivity contribution >= 4 is 6.29 Å². The van der Waals surface area contributed by atoms with E-state index in [2.05, 4.69) is 0 Å². The predicted molar refractivity (Wildman–Crippen MR) is 94.6 cm³/mol. The van der Waals surface area contributed by atoms with Gasteiger partial charge in [-0.1, -0.05) is 54.6 Å². The van der Waals surface area contributed by atoms with E-state index in [9.17, 15) is 4.79 Å². The van der Waals surface area contributed by atoms with E-state index in [1.54, 1.807) is 7.11 Å². The highest BCUT2D eigenvalue weighted by molar-refractivity contribution is 5.91. The van der Waals surface area contributed by atoms with Gasteiger partial charge in [-0.05, 0) is 34.9 Å². The van der Waals surface area contributed by atoms with Crippen LogP contribution in [0.3, 0.4) is 0 Å². The van der Waals surface area contributed by atoms with Crippen molar-refractivity contribution in [2.24, 2.45) is 0 Å². The molecule has 0 aliphatic heterocycles. The molecule has 3 nitrogen and oxygen atoms in total. The Balaban J connectivity index is 1.89. The summed E-state index contributed by atoms with van der Waals surface area (Å²) in [5.41, 5.74) is 3.41. The Hall–Kier alpha value is -3.07. The molecule has 0 atom stereocenters. The molecule has 0 bridgehead atoms. The van der Waals surface area contributed by atoms with E-state index in [-0.39, 0.29) is 0 Å². The third kappa shape index (κ3) is 3.46. The third-order valence-corrected chi connectivity index (χ3v) is 3.82. The van der Waals surface area contributed by atoms with Crippen molar-refractivity contribution in [3.05, 3.63) is 83.9 Å². The topological polar surface area (TPSA) is 35.5 Å². The van der Waals surface area contributed by atoms with E-state index in [0.717, 1.165) is 28.7 Å². The lowest BCUT2D eigenvalue weighted by molar-refractivity contribution is 0.111. The van der Waals surface area contributed by atoms with Crippen LogP contribution in [0.4, 0.5) is 0 Å². The van der Waals surface area contributed by atoms with Crippen LogP contribution in [-0.2, 0) is 6.61 Å². The Bertz CT molecular complexity index is 808. The molecule has 0 fully saturated rings. The summed E-state index contributed by atoms with van der Waals surface area (Å²) in [4.78, 5) is 11.7. The summed E-state index contributed by atoms with van der Waals surface area (Å²) in [6.45, 7) is 0.424. The smallest absolute Gasteiger partial charge is 0.154 e. The van der Waals surface area contributed by atoms with Gasteiger partial charge < -0.3 is 9.47 Å². The van der Waals surface area contributed by atoms with Crippen LogP contribution in [0.15, 0.2) is 72.8 Å². The van der Waals surface area contributed by atoms with E-state index in [0.29, 0.717) is 17.9 Å². The van der Waals surface area contributed by atoms with Crippen LogP contribution < -0.4 is 9.47 Å². The minimum absolute atomic E-state index is 0.424. The molecule has 0 heterocycles. The Morgan fingerprint density at radius 2 is 1.62 bits per heavy atom. The average Bonchev–Trinajstić information content (AvgIpc) is 2.67. The Kier molecular flexibility index (Phi) is 4.92. The fourth-order valence-corrected chi connectivity index (χ4v) is 2.55. The number of carbonyl (C=O) groups is 1. The molecule has 0 unspecified atom stereocenters. The minimum atomic E-state index is 0.424. The van der Waals surface area contributed by atoms with Gasteiger partial charge in [0.05, 0.1) is 12.7 Å². The number of ether oxygens (including phenoxy) is 2. The first-order chi connectivity index (χ1) is 11.8. The quantitative estimate of drug-likeness (QED) is 0.615. The van der Waals surface area contributed by atoms with E-state index < -0.39 is 0 Å². The van der Waals surface area contributed by atoms with Gasteiger partial charge in [0.2, 0.25) is 0 Å². The molecule has 3 aromatic rings. The number of carbonyl (C=O) groups excluding carboxylic acids is 1. The molecule has 0 saturated heterocycles. The lowest BCUT2D eigenvalue weighted by atomic mass is 9.99. The summed E-state index contributed by atoms with van der Waals surface area (Å²) in [5.74, 6) is 1.37. The summed E-state index contributed by atoms with van der Waals surface area (Å²) >= 11 is 0. The second-order valence-corrected chi connectivity index (χ2v) is 5.34. The number of hydrogen-bond donors (Lipinski definition) is 0. The number of aldehydes is 1. The highest BCUT2D eigenvalue weighted by atomic mass is 16.5. The van der Waals surface area contributed by atoms with Gasteiger partial charge in [0.15, 0.2) is 6.29 Å². The molecule has 120 valence electrons. The van der Waals surface area contributed by atoms with E-state index in [1.807, 2.05) is 72.8 Å². The van der Waals surface area contributed by atoms with Crippen LogP contribution in [0, 0.1) is 0 Å². The summed E-state index contributed by atoms with van der Waals surface area (Å²) in [6, 6.07) is 23.1. The molecule has 0 aliphatic carbocycles. The fraction of sp³-hybridized carbons (Fsp3) is 0.0952. The normalized spacial score (nSPS) is 10.2. The van der Waals surface area contributed by atoms with Crippen molar-refractivity contribution in [3.63, 3.8) is 0 Å². The second kappa shape index (κ2) is 7.47. The largest absolute Gasteiger partial charge is 0.497 e. The molecule has 0 amide bonds. The lowest BCUT2D eigenvalue weighted by Crippen LogP contribution is -1.99. The van der Waals surface area contributed by atoms with Gasteiger partial charge in [-0.2, -0.15) is 0 Å². The second-order valence-electron chi connectivity index (χ2n) is 5.34.